The Morgan fingerprint density at radius 1 is 1.22 bits per heavy atom. The Balaban J connectivity index is 1.55. The lowest BCUT2D eigenvalue weighted by Gasteiger charge is -2.14. The van der Waals surface area contributed by atoms with Crippen LogP contribution in [0.4, 0.5) is 5.13 Å². The average Bonchev–Trinajstić information content (AvgIpc) is 3.41. The molecule has 0 saturated heterocycles. The van der Waals surface area contributed by atoms with Gasteiger partial charge in [-0.2, -0.15) is 0 Å². The van der Waals surface area contributed by atoms with Crippen molar-refractivity contribution < 1.29 is 22.7 Å². The van der Waals surface area contributed by atoms with Crippen LogP contribution < -0.4 is 19.5 Å². The van der Waals surface area contributed by atoms with Crippen molar-refractivity contribution in [3.63, 3.8) is 0 Å². The summed E-state index contributed by atoms with van der Waals surface area (Å²) in [7, 11) is -2.47. The molecule has 10 heteroatoms. The zero-order chi connectivity index (χ0) is 22.9. The molecule has 1 aliphatic rings. The lowest BCUT2D eigenvalue weighted by molar-refractivity contribution is 0.102. The van der Waals surface area contributed by atoms with Crippen molar-refractivity contribution >= 4 is 32.4 Å². The molecular weight excluding hydrogens is 450 g/mol. The molecule has 0 aliphatic carbocycles. The number of nitrogens with zero attached hydrogens (tertiary/aromatic N) is 1. The van der Waals surface area contributed by atoms with Gasteiger partial charge in [-0.3, -0.25) is 10.1 Å². The number of hydrogen-bond acceptors (Lipinski definition) is 7. The minimum atomic E-state index is -3.85. The Kier molecular flexibility index (Phi) is 6.18. The van der Waals surface area contributed by atoms with Gasteiger partial charge < -0.3 is 9.47 Å². The SMILES string of the molecule is COc1ccc(C(=O)Nc2nc(-c3ccc4c(c3)CCO4)cs2)cc1S(=O)(=O)NC(C)C. The number of carbonyl (C=O) groups excluding carboxylic acids is 1. The fourth-order valence-electron chi connectivity index (χ4n) is 3.38. The van der Waals surface area contributed by atoms with Crippen molar-refractivity contribution in [3.05, 3.63) is 52.9 Å². The Labute approximate surface area is 190 Å². The molecule has 0 spiro atoms. The number of methoxy groups -OCH3 is 1. The zero-order valence-corrected chi connectivity index (χ0v) is 19.5. The number of amides is 1. The van der Waals surface area contributed by atoms with Gasteiger partial charge in [-0.25, -0.2) is 18.1 Å². The van der Waals surface area contributed by atoms with Gasteiger partial charge in [-0.05, 0) is 55.8 Å². The van der Waals surface area contributed by atoms with E-state index in [0.717, 1.165) is 29.0 Å². The van der Waals surface area contributed by atoms with Gasteiger partial charge >= 0.3 is 0 Å². The summed E-state index contributed by atoms with van der Waals surface area (Å²) in [4.78, 5) is 17.2. The molecule has 0 atom stereocenters. The van der Waals surface area contributed by atoms with Gasteiger partial charge in [0, 0.05) is 29.0 Å². The van der Waals surface area contributed by atoms with E-state index in [2.05, 4.69) is 15.0 Å². The number of fused-ring (bicyclic) bond motifs is 1. The minimum absolute atomic E-state index is 0.0958. The molecule has 0 bridgehead atoms. The topological polar surface area (TPSA) is 107 Å². The molecule has 32 heavy (non-hydrogen) atoms. The smallest absolute Gasteiger partial charge is 0.257 e. The first-order valence-corrected chi connectivity index (χ1v) is 12.4. The second-order valence-corrected chi connectivity index (χ2v) is 10.1. The van der Waals surface area contributed by atoms with Crippen LogP contribution in [0.15, 0.2) is 46.7 Å². The largest absolute Gasteiger partial charge is 0.495 e. The Morgan fingerprint density at radius 3 is 2.78 bits per heavy atom. The van der Waals surface area contributed by atoms with Gasteiger partial charge in [-0.15, -0.1) is 11.3 Å². The zero-order valence-electron chi connectivity index (χ0n) is 17.8. The summed E-state index contributed by atoms with van der Waals surface area (Å²) in [6, 6.07) is 9.88. The highest BCUT2D eigenvalue weighted by atomic mass is 32.2. The van der Waals surface area contributed by atoms with Crippen molar-refractivity contribution in [2.45, 2.75) is 31.2 Å². The molecule has 0 unspecified atom stereocenters. The summed E-state index contributed by atoms with van der Waals surface area (Å²) in [5.74, 6) is 0.596. The van der Waals surface area contributed by atoms with Crippen LogP contribution in [0.25, 0.3) is 11.3 Å². The van der Waals surface area contributed by atoms with Gasteiger partial charge in [0.25, 0.3) is 5.91 Å². The van der Waals surface area contributed by atoms with Crippen molar-refractivity contribution in [2.75, 3.05) is 19.0 Å². The molecular formula is C22H23N3O5S2. The number of hydrogen-bond donors (Lipinski definition) is 2. The van der Waals surface area contributed by atoms with Crippen LogP contribution in [-0.2, 0) is 16.4 Å². The van der Waals surface area contributed by atoms with E-state index in [4.69, 9.17) is 9.47 Å². The summed E-state index contributed by atoms with van der Waals surface area (Å²) in [6.07, 6.45) is 0.866. The van der Waals surface area contributed by atoms with E-state index in [1.54, 1.807) is 13.8 Å². The molecule has 0 fully saturated rings. The van der Waals surface area contributed by atoms with Crippen molar-refractivity contribution in [2.24, 2.45) is 0 Å². The van der Waals surface area contributed by atoms with E-state index in [9.17, 15) is 13.2 Å². The van der Waals surface area contributed by atoms with Crippen LogP contribution in [0.1, 0.15) is 29.8 Å². The number of ether oxygens (including phenoxy) is 2. The molecule has 2 aromatic carbocycles. The molecule has 8 nitrogen and oxygen atoms in total. The second kappa shape index (κ2) is 8.89. The van der Waals surface area contributed by atoms with Gasteiger partial charge in [0.2, 0.25) is 10.0 Å². The monoisotopic (exact) mass is 473 g/mol. The van der Waals surface area contributed by atoms with E-state index >= 15 is 0 Å². The summed E-state index contributed by atoms with van der Waals surface area (Å²) < 4.78 is 38.5. The highest BCUT2D eigenvalue weighted by Crippen LogP contribution is 2.32. The summed E-state index contributed by atoms with van der Waals surface area (Å²) in [5.41, 5.74) is 3.02. The normalized spacial score (nSPS) is 13.0. The van der Waals surface area contributed by atoms with Crippen LogP contribution in [-0.4, -0.2) is 39.1 Å². The molecule has 4 rings (SSSR count). The highest BCUT2D eigenvalue weighted by molar-refractivity contribution is 7.89. The van der Waals surface area contributed by atoms with Crippen LogP contribution in [0.5, 0.6) is 11.5 Å². The maximum absolute atomic E-state index is 12.8. The third-order valence-electron chi connectivity index (χ3n) is 4.82. The molecule has 0 radical (unpaired) electrons. The minimum Gasteiger partial charge on any atom is -0.495 e. The van der Waals surface area contributed by atoms with Crippen LogP contribution in [0.3, 0.4) is 0 Å². The van der Waals surface area contributed by atoms with Gasteiger partial charge in [0.15, 0.2) is 5.13 Å². The first-order chi connectivity index (χ1) is 15.3. The number of rotatable bonds is 7. The molecule has 1 aromatic heterocycles. The average molecular weight is 474 g/mol. The first kappa shape index (κ1) is 22.3. The number of thiazole rings is 1. The summed E-state index contributed by atoms with van der Waals surface area (Å²) in [6.45, 7) is 4.12. The van der Waals surface area contributed by atoms with Gasteiger partial charge in [0.1, 0.15) is 16.4 Å². The van der Waals surface area contributed by atoms with Crippen molar-refractivity contribution in [3.8, 4) is 22.8 Å². The lowest BCUT2D eigenvalue weighted by Crippen LogP contribution is -2.30. The number of nitrogens with one attached hydrogen (secondary N) is 2. The maximum Gasteiger partial charge on any atom is 0.257 e. The van der Waals surface area contributed by atoms with E-state index in [-0.39, 0.29) is 22.3 Å². The highest BCUT2D eigenvalue weighted by Gasteiger charge is 2.23. The van der Waals surface area contributed by atoms with Gasteiger partial charge in [-0.1, -0.05) is 0 Å². The van der Waals surface area contributed by atoms with E-state index in [1.165, 1.54) is 36.6 Å². The number of anilines is 1. The van der Waals surface area contributed by atoms with E-state index in [0.29, 0.717) is 11.7 Å². The molecule has 0 saturated carbocycles. The standard InChI is InChI=1S/C22H23N3O5S2/c1-13(2)25-32(27,28)20-11-16(5-7-19(20)29-3)21(26)24-22-23-17(12-31-22)14-4-6-18-15(10-14)8-9-30-18/h4-7,10-13,25H,8-9H2,1-3H3,(H,23,24,26). The third kappa shape index (κ3) is 4.62. The van der Waals surface area contributed by atoms with Crippen molar-refractivity contribution in [1.82, 2.24) is 9.71 Å². The van der Waals surface area contributed by atoms with Crippen LogP contribution >= 0.6 is 11.3 Å². The molecule has 2 heterocycles. The number of carbonyl (C=O) groups is 1. The summed E-state index contributed by atoms with van der Waals surface area (Å²) >= 11 is 1.30. The van der Waals surface area contributed by atoms with E-state index < -0.39 is 15.9 Å². The van der Waals surface area contributed by atoms with Crippen LogP contribution in [0.2, 0.25) is 0 Å². The molecule has 1 amide bonds. The number of aromatic nitrogens is 1. The second-order valence-electron chi connectivity index (χ2n) is 7.55. The van der Waals surface area contributed by atoms with E-state index in [1.807, 2.05) is 23.6 Å². The Bertz CT molecular complexity index is 1270. The number of benzene rings is 2. The fraction of sp³-hybridized carbons (Fsp3) is 0.273. The molecule has 1 aliphatic heterocycles. The lowest BCUT2D eigenvalue weighted by atomic mass is 10.1. The molecule has 168 valence electrons. The maximum atomic E-state index is 12.8. The number of sulfonamides is 1. The third-order valence-corrected chi connectivity index (χ3v) is 7.25. The summed E-state index contributed by atoms with van der Waals surface area (Å²) in [5, 5.41) is 5.03. The Hall–Kier alpha value is -2.95. The van der Waals surface area contributed by atoms with Crippen LogP contribution in [0, 0.1) is 0 Å². The quantitative estimate of drug-likeness (QED) is 0.542. The molecule has 3 aromatic rings. The fourth-order valence-corrected chi connectivity index (χ4v) is 5.54. The Morgan fingerprint density at radius 2 is 2.03 bits per heavy atom. The molecule has 2 N–H and O–H groups in total. The predicted molar refractivity (Wildman–Crippen MR) is 123 cm³/mol. The van der Waals surface area contributed by atoms with Gasteiger partial charge in [0.05, 0.1) is 19.4 Å². The first-order valence-electron chi connectivity index (χ1n) is 10.00. The predicted octanol–water partition coefficient (Wildman–Crippen LogP) is 3.69. The van der Waals surface area contributed by atoms with Crippen molar-refractivity contribution in [1.29, 1.82) is 0 Å².